The molecule has 0 aromatic carbocycles. The third-order valence-corrected chi connectivity index (χ3v) is 3.05. The average Bonchev–Trinajstić information content (AvgIpc) is 2.32. The molecule has 0 aliphatic carbocycles. The molecule has 0 saturated heterocycles. The van der Waals surface area contributed by atoms with E-state index in [0.717, 1.165) is 13.0 Å². The van der Waals surface area contributed by atoms with Crippen molar-refractivity contribution in [1.82, 2.24) is 15.1 Å². The van der Waals surface area contributed by atoms with Crippen molar-refractivity contribution in [3.63, 3.8) is 0 Å². The average molecular weight is 287 g/mol. The van der Waals surface area contributed by atoms with Crippen LogP contribution in [-0.4, -0.2) is 67.7 Å². The largest absolute Gasteiger partial charge is 0.481 e. The first-order valence-corrected chi connectivity index (χ1v) is 7.10. The molecule has 0 heterocycles. The summed E-state index contributed by atoms with van der Waals surface area (Å²) in [6.07, 6.45) is 1.46. The second-order valence-corrected chi connectivity index (χ2v) is 5.93. The smallest absolute Gasteiger partial charge is 0.317 e. The molecule has 0 rings (SSSR count). The second kappa shape index (κ2) is 9.58. The van der Waals surface area contributed by atoms with Crippen LogP contribution in [0.4, 0.5) is 4.79 Å². The fourth-order valence-corrected chi connectivity index (χ4v) is 1.91. The van der Waals surface area contributed by atoms with Gasteiger partial charge in [0, 0.05) is 20.1 Å². The van der Waals surface area contributed by atoms with E-state index in [-0.39, 0.29) is 12.6 Å². The number of rotatable bonds is 9. The lowest BCUT2D eigenvalue weighted by Crippen LogP contribution is -2.42. The standard InChI is InChI=1S/C14H29N3O3/c1-11(2)9-12(13(18)19)10-15-14(20)17(5)8-6-7-16(3)4/h11-12H,6-10H2,1-5H3,(H,15,20)(H,18,19). The fourth-order valence-electron chi connectivity index (χ4n) is 1.91. The lowest BCUT2D eigenvalue weighted by Gasteiger charge is -2.21. The Hall–Kier alpha value is -1.30. The number of nitrogens with zero attached hydrogens (tertiary/aromatic N) is 2. The Morgan fingerprint density at radius 2 is 1.75 bits per heavy atom. The van der Waals surface area contributed by atoms with Crippen molar-refractivity contribution in [2.45, 2.75) is 26.7 Å². The van der Waals surface area contributed by atoms with Crippen molar-refractivity contribution in [3.05, 3.63) is 0 Å². The maximum atomic E-state index is 11.8. The van der Waals surface area contributed by atoms with Gasteiger partial charge in [-0.15, -0.1) is 0 Å². The van der Waals surface area contributed by atoms with Crippen molar-refractivity contribution in [2.75, 3.05) is 40.8 Å². The second-order valence-electron chi connectivity index (χ2n) is 5.93. The topological polar surface area (TPSA) is 72.9 Å². The van der Waals surface area contributed by atoms with Crippen LogP contribution in [0.1, 0.15) is 26.7 Å². The highest BCUT2D eigenvalue weighted by Gasteiger charge is 2.20. The Bertz CT molecular complexity index is 306. The van der Waals surface area contributed by atoms with Gasteiger partial charge in [-0.25, -0.2) is 4.79 Å². The lowest BCUT2D eigenvalue weighted by atomic mass is 9.97. The molecule has 20 heavy (non-hydrogen) atoms. The molecule has 6 nitrogen and oxygen atoms in total. The van der Waals surface area contributed by atoms with E-state index in [9.17, 15) is 9.59 Å². The number of nitrogens with one attached hydrogen (secondary N) is 1. The predicted octanol–water partition coefficient (Wildman–Crippen LogP) is 1.33. The molecule has 0 aromatic rings. The molecule has 6 heteroatoms. The molecule has 0 aliphatic heterocycles. The summed E-state index contributed by atoms with van der Waals surface area (Å²) >= 11 is 0. The van der Waals surface area contributed by atoms with Gasteiger partial charge < -0.3 is 20.2 Å². The number of amides is 2. The Morgan fingerprint density at radius 3 is 2.20 bits per heavy atom. The summed E-state index contributed by atoms with van der Waals surface area (Å²) < 4.78 is 0. The van der Waals surface area contributed by atoms with Gasteiger partial charge in [0.25, 0.3) is 0 Å². The maximum absolute atomic E-state index is 11.8. The van der Waals surface area contributed by atoms with Gasteiger partial charge in [-0.3, -0.25) is 4.79 Å². The van der Waals surface area contributed by atoms with Crippen LogP contribution in [0, 0.1) is 11.8 Å². The van der Waals surface area contributed by atoms with Crippen LogP contribution in [0.25, 0.3) is 0 Å². The lowest BCUT2D eigenvalue weighted by molar-refractivity contribution is -0.142. The first kappa shape index (κ1) is 18.7. The molecule has 1 atom stereocenters. The van der Waals surface area contributed by atoms with E-state index in [0.29, 0.717) is 18.9 Å². The normalized spacial score (nSPS) is 12.6. The van der Waals surface area contributed by atoms with Gasteiger partial charge in [-0.1, -0.05) is 13.8 Å². The summed E-state index contributed by atoms with van der Waals surface area (Å²) in [5, 5.41) is 11.8. The van der Waals surface area contributed by atoms with E-state index in [1.54, 1.807) is 11.9 Å². The molecule has 0 radical (unpaired) electrons. The summed E-state index contributed by atoms with van der Waals surface area (Å²) in [7, 11) is 5.70. The number of carbonyl (C=O) groups excluding carboxylic acids is 1. The van der Waals surface area contributed by atoms with E-state index < -0.39 is 11.9 Å². The van der Waals surface area contributed by atoms with Gasteiger partial charge in [0.2, 0.25) is 0 Å². The van der Waals surface area contributed by atoms with Gasteiger partial charge in [0.05, 0.1) is 5.92 Å². The zero-order valence-electron chi connectivity index (χ0n) is 13.3. The Balaban J connectivity index is 4.07. The number of aliphatic carboxylic acids is 1. The third-order valence-electron chi connectivity index (χ3n) is 3.05. The molecule has 2 amide bonds. The molecule has 1 unspecified atom stereocenters. The molecule has 0 saturated carbocycles. The van der Waals surface area contributed by atoms with Gasteiger partial charge in [0.1, 0.15) is 0 Å². The molecule has 0 aliphatic rings. The number of carbonyl (C=O) groups is 2. The molecule has 0 aromatic heterocycles. The predicted molar refractivity (Wildman–Crippen MR) is 79.8 cm³/mol. The van der Waals surface area contributed by atoms with E-state index >= 15 is 0 Å². The van der Waals surface area contributed by atoms with E-state index in [4.69, 9.17) is 5.11 Å². The van der Waals surface area contributed by atoms with Gasteiger partial charge >= 0.3 is 12.0 Å². The molecular weight excluding hydrogens is 258 g/mol. The van der Waals surface area contributed by atoms with Crippen molar-refractivity contribution >= 4 is 12.0 Å². The summed E-state index contributed by atoms with van der Waals surface area (Å²) in [5.74, 6) is -1.07. The van der Waals surface area contributed by atoms with Crippen LogP contribution >= 0.6 is 0 Å². The summed E-state index contributed by atoms with van der Waals surface area (Å²) in [4.78, 5) is 26.6. The molecule has 0 bridgehead atoms. The first-order chi connectivity index (χ1) is 9.23. The molecule has 0 fully saturated rings. The van der Waals surface area contributed by atoms with Crippen LogP contribution < -0.4 is 5.32 Å². The number of carboxylic acid groups (broad SMARTS) is 1. The van der Waals surface area contributed by atoms with Gasteiger partial charge in [0.15, 0.2) is 0 Å². The minimum Gasteiger partial charge on any atom is -0.481 e. The van der Waals surface area contributed by atoms with E-state index in [1.165, 1.54) is 0 Å². The van der Waals surface area contributed by atoms with E-state index in [2.05, 4.69) is 10.2 Å². The summed E-state index contributed by atoms with van der Waals surface area (Å²) in [5.41, 5.74) is 0. The van der Waals surface area contributed by atoms with Crippen LogP contribution in [0.2, 0.25) is 0 Å². The summed E-state index contributed by atoms with van der Waals surface area (Å²) in [6, 6.07) is -0.209. The van der Waals surface area contributed by atoms with Crippen molar-refractivity contribution < 1.29 is 14.7 Å². The third kappa shape index (κ3) is 8.74. The van der Waals surface area contributed by atoms with Crippen molar-refractivity contribution in [2.24, 2.45) is 11.8 Å². The van der Waals surface area contributed by atoms with Crippen molar-refractivity contribution in [3.8, 4) is 0 Å². The van der Waals surface area contributed by atoms with Crippen molar-refractivity contribution in [1.29, 1.82) is 0 Å². The molecule has 118 valence electrons. The number of hydrogen-bond donors (Lipinski definition) is 2. The van der Waals surface area contributed by atoms with Crippen LogP contribution in [0.5, 0.6) is 0 Å². The maximum Gasteiger partial charge on any atom is 0.317 e. The number of carboxylic acids is 1. The SMILES string of the molecule is CC(C)CC(CNC(=O)N(C)CCCN(C)C)C(=O)O. The zero-order chi connectivity index (χ0) is 15.7. The monoisotopic (exact) mass is 287 g/mol. The zero-order valence-corrected chi connectivity index (χ0v) is 13.3. The van der Waals surface area contributed by atoms with Gasteiger partial charge in [-0.05, 0) is 39.4 Å². The number of urea groups is 1. The van der Waals surface area contributed by atoms with Crippen LogP contribution in [0.15, 0.2) is 0 Å². The van der Waals surface area contributed by atoms with E-state index in [1.807, 2.05) is 27.9 Å². The highest BCUT2D eigenvalue weighted by atomic mass is 16.4. The first-order valence-electron chi connectivity index (χ1n) is 7.10. The Kier molecular flexibility index (Phi) is 8.96. The molecule has 2 N–H and O–H groups in total. The van der Waals surface area contributed by atoms with Crippen LogP contribution in [0.3, 0.4) is 0 Å². The quantitative estimate of drug-likeness (QED) is 0.671. The highest BCUT2D eigenvalue weighted by molar-refractivity contribution is 5.75. The van der Waals surface area contributed by atoms with Crippen LogP contribution in [-0.2, 0) is 4.79 Å². The van der Waals surface area contributed by atoms with Gasteiger partial charge in [-0.2, -0.15) is 0 Å². The minimum atomic E-state index is -0.853. The highest BCUT2D eigenvalue weighted by Crippen LogP contribution is 2.11. The summed E-state index contributed by atoms with van der Waals surface area (Å²) in [6.45, 7) is 5.72. The Labute approximate surface area is 122 Å². The number of hydrogen-bond acceptors (Lipinski definition) is 3. The Morgan fingerprint density at radius 1 is 1.15 bits per heavy atom. The molecule has 0 spiro atoms. The minimum absolute atomic E-state index is 0.185. The molecular formula is C14H29N3O3. The fraction of sp³-hybridized carbons (Fsp3) is 0.857.